The van der Waals surface area contributed by atoms with E-state index in [9.17, 15) is 14.7 Å². The van der Waals surface area contributed by atoms with Crippen LogP contribution in [0.2, 0.25) is 0 Å². The Morgan fingerprint density at radius 2 is 1.68 bits per heavy atom. The third kappa shape index (κ3) is 6.47. The number of fused-ring (bicyclic) bond motifs is 1. The Morgan fingerprint density at radius 1 is 1.00 bits per heavy atom. The molecule has 0 bridgehead atoms. The molecule has 4 rings (SSSR count). The first-order chi connectivity index (χ1) is 18.0. The Labute approximate surface area is 217 Å². The van der Waals surface area contributed by atoms with Gasteiger partial charge < -0.3 is 19.7 Å². The van der Waals surface area contributed by atoms with Crippen LogP contribution in [0.3, 0.4) is 0 Å². The smallest absolute Gasteiger partial charge is 0.331 e. The van der Waals surface area contributed by atoms with Gasteiger partial charge in [0.25, 0.3) is 0 Å². The summed E-state index contributed by atoms with van der Waals surface area (Å²) in [4.78, 5) is 24.8. The number of aliphatic carboxylic acids is 1. The number of carboxylic acid groups (broad SMARTS) is 1. The van der Waals surface area contributed by atoms with Gasteiger partial charge in [-0.1, -0.05) is 67.6 Å². The Kier molecular flexibility index (Phi) is 8.41. The number of carboxylic acids is 1. The number of nitrogens with one attached hydrogen (secondary N) is 1. The highest BCUT2D eigenvalue weighted by atomic mass is 16.5. The Bertz CT molecular complexity index is 1390. The van der Waals surface area contributed by atoms with E-state index in [2.05, 4.69) is 5.32 Å². The topological polar surface area (TPSA) is 80.6 Å². The van der Waals surface area contributed by atoms with Crippen molar-refractivity contribution in [2.24, 2.45) is 0 Å². The Hall–Kier alpha value is -4.32. The molecule has 0 radical (unpaired) electrons. The summed E-state index contributed by atoms with van der Waals surface area (Å²) in [6, 6.07) is 25.2. The van der Waals surface area contributed by atoms with E-state index in [1.807, 2.05) is 103 Å². The number of ether oxygens (including phenoxy) is 1. The minimum atomic E-state index is -0.952. The van der Waals surface area contributed by atoms with Crippen molar-refractivity contribution in [3.63, 3.8) is 0 Å². The van der Waals surface area contributed by atoms with E-state index in [-0.39, 0.29) is 5.91 Å². The fraction of sp³-hybridized carbons (Fsp3) is 0.226. The van der Waals surface area contributed by atoms with Crippen LogP contribution in [0.4, 0.5) is 0 Å². The lowest BCUT2D eigenvalue weighted by atomic mass is 10.1. The maximum atomic E-state index is 13.0. The van der Waals surface area contributed by atoms with Crippen molar-refractivity contribution >= 4 is 28.9 Å². The molecule has 2 N–H and O–H groups in total. The summed E-state index contributed by atoms with van der Waals surface area (Å²) in [7, 11) is 0. The molecule has 1 aromatic heterocycles. The normalized spacial score (nSPS) is 12.3. The largest absolute Gasteiger partial charge is 0.489 e. The number of aromatic nitrogens is 1. The van der Waals surface area contributed by atoms with Gasteiger partial charge in [0.05, 0.1) is 0 Å². The van der Waals surface area contributed by atoms with Crippen LogP contribution in [0, 0.1) is 0 Å². The molecular weight excluding hydrogens is 464 g/mol. The molecule has 0 saturated carbocycles. The minimum absolute atomic E-state index is 0.0956. The third-order valence-corrected chi connectivity index (χ3v) is 6.42. The first-order valence-corrected chi connectivity index (χ1v) is 12.5. The van der Waals surface area contributed by atoms with Crippen molar-refractivity contribution in [2.75, 3.05) is 6.54 Å². The molecule has 6 heteroatoms. The third-order valence-electron chi connectivity index (χ3n) is 6.42. The molecule has 0 aliphatic rings. The highest BCUT2D eigenvalue weighted by molar-refractivity contribution is 5.98. The predicted molar refractivity (Wildman–Crippen MR) is 146 cm³/mol. The summed E-state index contributed by atoms with van der Waals surface area (Å²) >= 11 is 0. The van der Waals surface area contributed by atoms with Crippen LogP contribution in [0.1, 0.15) is 43.0 Å². The molecular formula is C31H32N2O4. The second-order valence-electron chi connectivity index (χ2n) is 8.98. The quantitative estimate of drug-likeness (QED) is 0.249. The van der Waals surface area contributed by atoms with E-state index in [0.29, 0.717) is 30.9 Å². The van der Waals surface area contributed by atoms with E-state index in [0.717, 1.165) is 34.0 Å². The molecule has 1 heterocycles. The molecule has 0 fully saturated rings. The van der Waals surface area contributed by atoms with Gasteiger partial charge in [0.2, 0.25) is 5.91 Å². The Balaban J connectivity index is 1.60. The second-order valence-corrected chi connectivity index (χ2v) is 8.98. The minimum Gasteiger partial charge on any atom is -0.489 e. The van der Waals surface area contributed by atoms with Crippen molar-refractivity contribution in [3.8, 4) is 5.75 Å². The van der Waals surface area contributed by atoms with E-state index in [1.165, 1.54) is 0 Å². The van der Waals surface area contributed by atoms with Crippen LogP contribution in [-0.2, 0) is 22.6 Å². The molecule has 0 saturated heterocycles. The van der Waals surface area contributed by atoms with E-state index in [4.69, 9.17) is 4.74 Å². The zero-order valence-electron chi connectivity index (χ0n) is 21.2. The monoisotopic (exact) mass is 496 g/mol. The number of hydrogen-bond acceptors (Lipinski definition) is 3. The molecule has 0 spiro atoms. The maximum Gasteiger partial charge on any atom is 0.331 e. The molecule has 190 valence electrons. The Morgan fingerprint density at radius 3 is 2.32 bits per heavy atom. The lowest BCUT2D eigenvalue weighted by Gasteiger charge is -2.16. The molecule has 0 aliphatic carbocycles. The first kappa shape index (κ1) is 25.8. The lowest BCUT2D eigenvalue weighted by molar-refractivity contribution is -0.132. The van der Waals surface area contributed by atoms with Crippen molar-refractivity contribution in [1.29, 1.82) is 0 Å². The van der Waals surface area contributed by atoms with Gasteiger partial charge in [-0.15, -0.1) is 0 Å². The summed E-state index contributed by atoms with van der Waals surface area (Å²) in [6.07, 6.45) is 4.68. The van der Waals surface area contributed by atoms with Gasteiger partial charge >= 0.3 is 5.97 Å². The number of rotatable bonds is 11. The molecule has 1 atom stereocenters. The SMILES string of the molecule is CCC(=Cc1cn(C(C)C(=O)NCCc2ccccc2)c2ccc(OCc3ccccc3)cc12)C(=O)O. The molecule has 1 unspecified atom stereocenters. The van der Waals surface area contributed by atoms with Gasteiger partial charge in [-0.25, -0.2) is 4.79 Å². The molecule has 1 amide bonds. The van der Waals surface area contributed by atoms with Crippen LogP contribution < -0.4 is 10.1 Å². The van der Waals surface area contributed by atoms with Crippen molar-refractivity contribution in [1.82, 2.24) is 9.88 Å². The van der Waals surface area contributed by atoms with Crippen LogP contribution in [0.25, 0.3) is 17.0 Å². The standard InChI is InChI=1S/C31H32N2O4/c1-3-25(31(35)36)18-26-20-33(22(2)30(34)32-17-16-23-10-6-4-7-11-23)29-15-14-27(19-28(26)29)37-21-24-12-8-5-9-13-24/h4-15,18-20,22H,3,16-17,21H2,1-2H3,(H,32,34)(H,35,36). The summed E-state index contributed by atoms with van der Waals surface area (Å²) in [5.74, 6) is -0.370. The number of amides is 1. The average molecular weight is 497 g/mol. The highest BCUT2D eigenvalue weighted by Crippen LogP contribution is 2.31. The molecule has 37 heavy (non-hydrogen) atoms. The summed E-state index contributed by atoms with van der Waals surface area (Å²) in [5.41, 5.74) is 4.10. The predicted octanol–water partition coefficient (Wildman–Crippen LogP) is 6.02. The number of carbonyl (C=O) groups excluding carboxylic acids is 1. The lowest BCUT2D eigenvalue weighted by Crippen LogP contribution is -2.32. The van der Waals surface area contributed by atoms with E-state index in [1.54, 1.807) is 6.08 Å². The highest BCUT2D eigenvalue weighted by Gasteiger charge is 2.19. The zero-order chi connectivity index (χ0) is 26.2. The number of hydrogen-bond donors (Lipinski definition) is 2. The van der Waals surface area contributed by atoms with Gasteiger partial charge in [0.1, 0.15) is 18.4 Å². The van der Waals surface area contributed by atoms with Gasteiger partial charge in [0.15, 0.2) is 0 Å². The molecule has 0 aliphatic heterocycles. The van der Waals surface area contributed by atoms with Gasteiger partial charge in [-0.2, -0.15) is 0 Å². The van der Waals surface area contributed by atoms with Gasteiger partial charge in [-0.3, -0.25) is 4.79 Å². The molecule has 4 aromatic rings. The summed E-state index contributed by atoms with van der Waals surface area (Å²) in [5, 5.41) is 13.5. The number of nitrogens with zero attached hydrogens (tertiary/aromatic N) is 1. The molecule has 3 aromatic carbocycles. The second kappa shape index (κ2) is 12.1. The van der Waals surface area contributed by atoms with Gasteiger partial charge in [-0.05, 0) is 55.2 Å². The van der Waals surface area contributed by atoms with Crippen LogP contribution in [-0.4, -0.2) is 28.1 Å². The van der Waals surface area contributed by atoms with Crippen molar-refractivity contribution in [2.45, 2.75) is 39.3 Å². The maximum absolute atomic E-state index is 13.0. The van der Waals surface area contributed by atoms with Crippen molar-refractivity contribution in [3.05, 3.63) is 107 Å². The van der Waals surface area contributed by atoms with Crippen LogP contribution in [0.5, 0.6) is 5.75 Å². The van der Waals surface area contributed by atoms with Crippen LogP contribution in [0.15, 0.2) is 90.6 Å². The zero-order valence-corrected chi connectivity index (χ0v) is 21.2. The van der Waals surface area contributed by atoms with E-state index < -0.39 is 12.0 Å². The van der Waals surface area contributed by atoms with Crippen molar-refractivity contribution < 1.29 is 19.4 Å². The summed E-state index contributed by atoms with van der Waals surface area (Å²) in [6.45, 7) is 4.63. The van der Waals surface area contributed by atoms with Gasteiger partial charge in [0, 0.05) is 34.8 Å². The average Bonchev–Trinajstić information content (AvgIpc) is 3.28. The van der Waals surface area contributed by atoms with Crippen LogP contribution >= 0.6 is 0 Å². The summed E-state index contributed by atoms with van der Waals surface area (Å²) < 4.78 is 7.92. The number of carbonyl (C=O) groups is 2. The van der Waals surface area contributed by atoms with E-state index >= 15 is 0 Å². The first-order valence-electron chi connectivity index (χ1n) is 12.5. The molecule has 6 nitrogen and oxygen atoms in total. The number of benzene rings is 3. The fourth-order valence-electron chi connectivity index (χ4n) is 4.28. The fourth-order valence-corrected chi connectivity index (χ4v) is 4.28.